The van der Waals surface area contributed by atoms with Gasteiger partial charge in [0.05, 0.1) is 0 Å². The van der Waals surface area contributed by atoms with E-state index in [0.29, 0.717) is 5.92 Å². The first kappa shape index (κ1) is 19.7. The van der Waals surface area contributed by atoms with Gasteiger partial charge in [0.2, 0.25) is 11.8 Å². The van der Waals surface area contributed by atoms with Crippen LogP contribution in [0.3, 0.4) is 0 Å². The van der Waals surface area contributed by atoms with Gasteiger partial charge in [-0.05, 0) is 50.0 Å². The summed E-state index contributed by atoms with van der Waals surface area (Å²) >= 11 is 0. The Labute approximate surface area is 155 Å². The van der Waals surface area contributed by atoms with Crippen molar-refractivity contribution in [2.45, 2.75) is 39.0 Å². The van der Waals surface area contributed by atoms with Crippen LogP contribution in [0.2, 0.25) is 0 Å². The molecule has 3 rings (SSSR count). The predicted molar refractivity (Wildman–Crippen MR) is 103 cm³/mol. The van der Waals surface area contributed by atoms with Gasteiger partial charge >= 0.3 is 0 Å². The quantitative estimate of drug-likeness (QED) is 0.748. The average molecular weight is 366 g/mol. The van der Waals surface area contributed by atoms with Gasteiger partial charge in [-0.25, -0.2) is 0 Å². The van der Waals surface area contributed by atoms with Crippen LogP contribution in [-0.2, 0) is 9.59 Å². The van der Waals surface area contributed by atoms with Crippen molar-refractivity contribution >= 4 is 35.6 Å². The number of hydrogen-bond donors (Lipinski definition) is 3. The maximum atomic E-state index is 12.3. The Bertz CT molecular complexity index is 567. The van der Waals surface area contributed by atoms with E-state index < -0.39 is 0 Å². The zero-order valence-electron chi connectivity index (χ0n) is 14.7. The SMILES string of the molecule is CC(C(=O)Nc1cccc(NC(=O)C2CCCCC2)c1)C1CNC1.Cl. The first-order chi connectivity index (χ1) is 11.6. The molecule has 1 aromatic carbocycles. The minimum atomic E-state index is -0.00765. The van der Waals surface area contributed by atoms with Gasteiger partial charge in [-0.1, -0.05) is 32.3 Å². The summed E-state index contributed by atoms with van der Waals surface area (Å²) in [7, 11) is 0. The summed E-state index contributed by atoms with van der Waals surface area (Å²) in [5, 5.41) is 9.16. The summed E-state index contributed by atoms with van der Waals surface area (Å²) in [5.41, 5.74) is 1.49. The smallest absolute Gasteiger partial charge is 0.227 e. The van der Waals surface area contributed by atoms with Crippen molar-refractivity contribution in [1.82, 2.24) is 5.32 Å². The number of carbonyl (C=O) groups is 2. The summed E-state index contributed by atoms with van der Waals surface area (Å²) in [6.45, 7) is 3.79. The topological polar surface area (TPSA) is 70.2 Å². The number of nitrogens with one attached hydrogen (secondary N) is 3. The molecule has 2 fully saturated rings. The predicted octanol–water partition coefficient (Wildman–Crippen LogP) is 3.42. The van der Waals surface area contributed by atoms with Crippen LogP contribution in [0.5, 0.6) is 0 Å². The third kappa shape index (κ3) is 5.19. The summed E-state index contributed by atoms with van der Waals surface area (Å²) in [6, 6.07) is 7.43. The molecule has 25 heavy (non-hydrogen) atoms. The molecule has 0 spiro atoms. The highest BCUT2D eigenvalue weighted by molar-refractivity contribution is 5.95. The zero-order valence-corrected chi connectivity index (χ0v) is 15.5. The number of rotatable bonds is 5. The van der Waals surface area contributed by atoms with E-state index >= 15 is 0 Å². The fourth-order valence-electron chi connectivity index (χ4n) is 3.42. The van der Waals surface area contributed by atoms with Crippen LogP contribution in [0.15, 0.2) is 24.3 Å². The number of carbonyl (C=O) groups excluding carboxylic acids is 2. The first-order valence-electron chi connectivity index (χ1n) is 9.06. The second-order valence-corrected chi connectivity index (χ2v) is 7.10. The van der Waals surface area contributed by atoms with E-state index in [1.165, 1.54) is 6.42 Å². The summed E-state index contributed by atoms with van der Waals surface area (Å²) in [5.74, 6) is 0.679. The molecular formula is C19H28ClN3O2. The Morgan fingerprint density at radius 1 is 1.08 bits per heavy atom. The largest absolute Gasteiger partial charge is 0.326 e. The molecule has 0 aromatic heterocycles. The van der Waals surface area contributed by atoms with Crippen molar-refractivity contribution in [1.29, 1.82) is 0 Å². The van der Waals surface area contributed by atoms with Crippen LogP contribution in [0.25, 0.3) is 0 Å². The zero-order chi connectivity index (χ0) is 16.9. The number of amides is 2. The van der Waals surface area contributed by atoms with E-state index in [0.717, 1.165) is 50.1 Å². The second kappa shape index (κ2) is 9.20. The van der Waals surface area contributed by atoms with Crippen LogP contribution < -0.4 is 16.0 Å². The van der Waals surface area contributed by atoms with Crippen molar-refractivity contribution < 1.29 is 9.59 Å². The summed E-state index contributed by atoms with van der Waals surface area (Å²) in [6.07, 6.45) is 5.48. The molecule has 0 radical (unpaired) electrons. The van der Waals surface area contributed by atoms with Crippen molar-refractivity contribution in [3.05, 3.63) is 24.3 Å². The molecule has 1 aliphatic carbocycles. The fraction of sp³-hybridized carbons (Fsp3) is 0.579. The third-order valence-corrected chi connectivity index (χ3v) is 5.31. The molecule has 138 valence electrons. The first-order valence-corrected chi connectivity index (χ1v) is 9.06. The Morgan fingerprint density at radius 2 is 1.72 bits per heavy atom. The van der Waals surface area contributed by atoms with Crippen molar-refractivity contribution in [2.75, 3.05) is 23.7 Å². The highest BCUT2D eigenvalue weighted by atomic mass is 35.5. The normalized spacial score (nSPS) is 19.2. The minimum absolute atomic E-state index is 0. The Hall–Kier alpha value is -1.59. The summed E-state index contributed by atoms with van der Waals surface area (Å²) in [4.78, 5) is 24.6. The molecule has 1 saturated carbocycles. The van der Waals surface area contributed by atoms with E-state index in [1.54, 1.807) is 0 Å². The van der Waals surface area contributed by atoms with Gasteiger partial charge < -0.3 is 16.0 Å². The fourth-order valence-corrected chi connectivity index (χ4v) is 3.42. The molecule has 1 atom stereocenters. The van der Waals surface area contributed by atoms with Crippen molar-refractivity contribution in [3.63, 3.8) is 0 Å². The average Bonchev–Trinajstić information content (AvgIpc) is 2.54. The lowest BCUT2D eigenvalue weighted by Crippen LogP contribution is -2.48. The lowest BCUT2D eigenvalue weighted by Gasteiger charge is -2.31. The molecule has 1 heterocycles. The van der Waals surface area contributed by atoms with Crippen LogP contribution in [0, 0.1) is 17.8 Å². The van der Waals surface area contributed by atoms with E-state index in [9.17, 15) is 9.59 Å². The van der Waals surface area contributed by atoms with Gasteiger partial charge in [-0.15, -0.1) is 12.4 Å². The van der Waals surface area contributed by atoms with Gasteiger partial charge in [0.15, 0.2) is 0 Å². The maximum Gasteiger partial charge on any atom is 0.227 e. The van der Waals surface area contributed by atoms with Gasteiger partial charge in [-0.2, -0.15) is 0 Å². The number of anilines is 2. The second-order valence-electron chi connectivity index (χ2n) is 7.10. The Morgan fingerprint density at radius 3 is 2.32 bits per heavy atom. The van der Waals surface area contributed by atoms with E-state index in [1.807, 2.05) is 31.2 Å². The minimum Gasteiger partial charge on any atom is -0.326 e. The van der Waals surface area contributed by atoms with Gasteiger partial charge in [0, 0.05) is 23.2 Å². The van der Waals surface area contributed by atoms with E-state index in [4.69, 9.17) is 0 Å². The number of hydrogen-bond acceptors (Lipinski definition) is 3. The van der Waals surface area contributed by atoms with Crippen molar-refractivity contribution in [2.24, 2.45) is 17.8 Å². The number of halogens is 1. The molecule has 6 heteroatoms. The standard InChI is InChI=1S/C19H27N3O2.ClH/c1-13(15-11-20-12-15)18(23)21-16-8-5-9-17(10-16)22-19(24)14-6-3-2-4-7-14;/h5,8-10,13-15,20H,2-4,6-7,11-12H2,1H3,(H,21,23)(H,22,24);1H. The molecule has 1 aromatic rings. The number of benzene rings is 1. The molecule has 5 nitrogen and oxygen atoms in total. The van der Waals surface area contributed by atoms with Gasteiger partial charge in [0.1, 0.15) is 0 Å². The molecular weight excluding hydrogens is 338 g/mol. The highest BCUT2D eigenvalue weighted by Crippen LogP contribution is 2.26. The van der Waals surface area contributed by atoms with Crippen molar-refractivity contribution in [3.8, 4) is 0 Å². The molecule has 3 N–H and O–H groups in total. The van der Waals surface area contributed by atoms with Crippen LogP contribution in [0.1, 0.15) is 39.0 Å². The molecule has 2 amide bonds. The molecule has 1 aliphatic heterocycles. The molecule has 0 bridgehead atoms. The Kier molecular flexibility index (Phi) is 7.26. The third-order valence-electron chi connectivity index (χ3n) is 5.31. The van der Waals surface area contributed by atoms with Crippen LogP contribution in [-0.4, -0.2) is 24.9 Å². The summed E-state index contributed by atoms with van der Waals surface area (Å²) < 4.78 is 0. The van der Waals surface area contributed by atoms with Gasteiger partial charge in [0.25, 0.3) is 0 Å². The highest BCUT2D eigenvalue weighted by Gasteiger charge is 2.28. The van der Waals surface area contributed by atoms with E-state index in [2.05, 4.69) is 16.0 Å². The molecule has 1 saturated heterocycles. The van der Waals surface area contributed by atoms with E-state index in [-0.39, 0.29) is 36.1 Å². The van der Waals surface area contributed by atoms with Crippen LogP contribution >= 0.6 is 12.4 Å². The Balaban J connectivity index is 0.00000225. The maximum absolute atomic E-state index is 12.3. The van der Waals surface area contributed by atoms with Crippen LogP contribution in [0.4, 0.5) is 11.4 Å². The van der Waals surface area contributed by atoms with Gasteiger partial charge in [-0.3, -0.25) is 9.59 Å². The monoisotopic (exact) mass is 365 g/mol. The molecule has 1 unspecified atom stereocenters. The lowest BCUT2D eigenvalue weighted by atomic mass is 9.88. The lowest BCUT2D eigenvalue weighted by molar-refractivity contribution is -0.121. The molecule has 2 aliphatic rings.